The predicted octanol–water partition coefficient (Wildman–Crippen LogP) is 7.45. The molecule has 0 amide bonds. The number of hydrogen-bond acceptors (Lipinski definition) is 1. The van der Waals surface area contributed by atoms with Gasteiger partial charge in [-0.2, -0.15) is 0 Å². The third-order valence-electron chi connectivity index (χ3n) is 10.3. The van der Waals surface area contributed by atoms with Gasteiger partial charge in [0.15, 0.2) is 5.78 Å². The molecular weight excluding hydrogens is 340 g/mol. The summed E-state index contributed by atoms with van der Waals surface area (Å²) in [5, 5.41) is 0. The summed E-state index contributed by atoms with van der Waals surface area (Å²) >= 11 is 0. The maximum atomic E-state index is 13.0. The van der Waals surface area contributed by atoms with Gasteiger partial charge >= 0.3 is 0 Å². The van der Waals surface area contributed by atoms with Crippen LogP contribution in [0.3, 0.4) is 0 Å². The Kier molecular flexibility index (Phi) is 5.60. The molecule has 0 heterocycles. The van der Waals surface area contributed by atoms with Crippen molar-refractivity contribution in [3.63, 3.8) is 0 Å². The first-order valence-corrected chi connectivity index (χ1v) is 12.5. The molecule has 0 aromatic heterocycles. The molecular formula is C27H44O. The molecule has 0 unspecified atom stereocenters. The van der Waals surface area contributed by atoms with E-state index in [1.165, 1.54) is 57.8 Å². The number of fused-ring (bicyclic) bond motifs is 5. The molecule has 4 aliphatic rings. The molecule has 0 aliphatic heterocycles. The highest BCUT2D eigenvalue weighted by Gasteiger charge is 2.61. The van der Waals surface area contributed by atoms with Crippen LogP contribution >= 0.6 is 0 Å². The van der Waals surface area contributed by atoms with Crippen molar-refractivity contribution < 1.29 is 4.79 Å². The molecule has 3 saturated carbocycles. The fourth-order valence-electron chi connectivity index (χ4n) is 8.72. The second kappa shape index (κ2) is 7.59. The molecule has 1 nitrogen and oxygen atoms in total. The molecule has 4 aliphatic carbocycles. The van der Waals surface area contributed by atoms with E-state index in [1.54, 1.807) is 0 Å². The first-order chi connectivity index (χ1) is 13.3. The summed E-state index contributed by atoms with van der Waals surface area (Å²) in [5.74, 6) is 6.03. The number of carbonyl (C=O) groups excluding carboxylic acids is 1. The van der Waals surface area contributed by atoms with Gasteiger partial charge in [-0.25, -0.2) is 0 Å². The summed E-state index contributed by atoms with van der Waals surface area (Å²) in [7, 11) is 0. The highest BCUT2D eigenvalue weighted by Crippen LogP contribution is 2.67. The third-order valence-corrected chi connectivity index (χ3v) is 10.3. The Morgan fingerprint density at radius 3 is 2.54 bits per heavy atom. The van der Waals surface area contributed by atoms with Gasteiger partial charge < -0.3 is 0 Å². The van der Waals surface area contributed by atoms with Crippen molar-refractivity contribution >= 4 is 5.78 Å². The van der Waals surface area contributed by atoms with Gasteiger partial charge in [0, 0.05) is 5.41 Å². The van der Waals surface area contributed by atoms with Crippen LogP contribution in [0.25, 0.3) is 0 Å². The SMILES string of the molecule is CC(C)CCC[C@@H](C)[C@H]1CC[C@H]2[C@@H]3CC[C@H]4CC=CC(=O)[C@]4(C)[C@H]3CC[C@]12C. The Bertz CT molecular complexity index is 618. The second-order valence-electron chi connectivity index (χ2n) is 12.0. The largest absolute Gasteiger partial charge is 0.294 e. The zero-order chi connectivity index (χ0) is 20.1. The molecule has 1 heteroatoms. The van der Waals surface area contributed by atoms with Crippen molar-refractivity contribution in [2.75, 3.05) is 0 Å². The lowest BCUT2D eigenvalue weighted by Gasteiger charge is -2.59. The van der Waals surface area contributed by atoms with E-state index in [0.717, 1.165) is 36.0 Å². The normalized spacial score (nSPS) is 46.2. The van der Waals surface area contributed by atoms with E-state index >= 15 is 0 Å². The van der Waals surface area contributed by atoms with Crippen LogP contribution in [0.1, 0.15) is 98.8 Å². The lowest BCUT2D eigenvalue weighted by atomic mass is 9.45. The highest BCUT2D eigenvalue weighted by molar-refractivity contribution is 5.96. The maximum Gasteiger partial charge on any atom is 0.161 e. The van der Waals surface area contributed by atoms with Gasteiger partial charge in [0.05, 0.1) is 0 Å². The third kappa shape index (κ3) is 3.14. The first kappa shape index (κ1) is 20.7. The Balaban J connectivity index is 1.50. The van der Waals surface area contributed by atoms with Gasteiger partial charge in [0.25, 0.3) is 0 Å². The Hall–Kier alpha value is -0.590. The van der Waals surface area contributed by atoms with Crippen molar-refractivity contribution in [2.24, 2.45) is 52.3 Å². The van der Waals surface area contributed by atoms with Crippen LogP contribution in [0.15, 0.2) is 12.2 Å². The minimum absolute atomic E-state index is 0.0556. The van der Waals surface area contributed by atoms with Crippen LogP contribution in [-0.4, -0.2) is 5.78 Å². The van der Waals surface area contributed by atoms with Crippen molar-refractivity contribution in [1.82, 2.24) is 0 Å². The van der Waals surface area contributed by atoms with Crippen molar-refractivity contribution in [3.8, 4) is 0 Å². The Morgan fingerprint density at radius 2 is 1.79 bits per heavy atom. The highest BCUT2D eigenvalue weighted by atomic mass is 16.1. The minimum atomic E-state index is -0.0556. The zero-order valence-corrected chi connectivity index (χ0v) is 19.2. The van der Waals surface area contributed by atoms with E-state index in [4.69, 9.17) is 0 Å². The van der Waals surface area contributed by atoms with E-state index in [1.807, 2.05) is 6.08 Å². The van der Waals surface area contributed by atoms with Crippen molar-refractivity contribution in [1.29, 1.82) is 0 Å². The molecule has 0 bridgehead atoms. The molecule has 0 aromatic rings. The predicted molar refractivity (Wildman–Crippen MR) is 118 cm³/mol. The van der Waals surface area contributed by atoms with Crippen LogP contribution in [-0.2, 0) is 4.79 Å². The van der Waals surface area contributed by atoms with Gasteiger partial charge in [-0.15, -0.1) is 0 Å². The van der Waals surface area contributed by atoms with E-state index in [-0.39, 0.29) is 5.41 Å². The minimum Gasteiger partial charge on any atom is -0.294 e. The van der Waals surface area contributed by atoms with Gasteiger partial charge in [0.2, 0.25) is 0 Å². The first-order valence-electron chi connectivity index (χ1n) is 12.5. The van der Waals surface area contributed by atoms with Crippen molar-refractivity contribution in [2.45, 2.75) is 98.8 Å². The molecule has 28 heavy (non-hydrogen) atoms. The molecule has 158 valence electrons. The molecule has 4 rings (SSSR count). The van der Waals surface area contributed by atoms with Crippen molar-refractivity contribution in [3.05, 3.63) is 12.2 Å². The van der Waals surface area contributed by atoms with Crippen LogP contribution < -0.4 is 0 Å². The van der Waals surface area contributed by atoms with E-state index in [2.05, 4.69) is 40.7 Å². The monoisotopic (exact) mass is 384 g/mol. The Morgan fingerprint density at radius 1 is 1.00 bits per heavy atom. The molecule has 3 fully saturated rings. The average Bonchev–Trinajstić information content (AvgIpc) is 3.00. The lowest BCUT2D eigenvalue weighted by Crippen LogP contribution is -2.55. The molecule has 0 radical (unpaired) electrons. The van der Waals surface area contributed by atoms with Crippen LogP contribution in [0.5, 0.6) is 0 Å². The van der Waals surface area contributed by atoms with Crippen LogP contribution in [0, 0.1) is 52.3 Å². The fraction of sp³-hybridized carbons (Fsp3) is 0.889. The summed E-state index contributed by atoms with van der Waals surface area (Å²) in [6.45, 7) is 12.3. The summed E-state index contributed by atoms with van der Waals surface area (Å²) in [4.78, 5) is 13.0. The average molecular weight is 385 g/mol. The quantitative estimate of drug-likeness (QED) is 0.481. The van der Waals surface area contributed by atoms with Gasteiger partial charge in [0.1, 0.15) is 0 Å². The summed E-state index contributed by atoms with van der Waals surface area (Å²) in [6, 6.07) is 0. The number of hydrogen-bond donors (Lipinski definition) is 0. The number of carbonyl (C=O) groups is 1. The van der Waals surface area contributed by atoms with Gasteiger partial charge in [-0.1, -0.05) is 60.0 Å². The topological polar surface area (TPSA) is 17.1 Å². The van der Waals surface area contributed by atoms with Gasteiger partial charge in [-0.3, -0.25) is 4.79 Å². The van der Waals surface area contributed by atoms with Crippen LogP contribution in [0.2, 0.25) is 0 Å². The molecule has 0 saturated heterocycles. The standard InChI is InChI=1S/C27H44O/c1-18(2)8-6-9-19(3)22-14-15-23-21-13-12-20-10-7-11-25(28)27(20,5)24(21)16-17-26(22,23)4/h7,11,18-24H,6,8-10,12-17H2,1-5H3/t19-,20-,21+,22-,23+,24+,26-,27+/m1/s1. The fourth-order valence-corrected chi connectivity index (χ4v) is 8.72. The second-order valence-corrected chi connectivity index (χ2v) is 12.0. The zero-order valence-electron chi connectivity index (χ0n) is 19.2. The maximum absolute atomic E-state index is 13.0. The van der Waals surface area contributed by atoms with Crippen LogP contribution in [0.4, 0.5) is 0 Å². The van der Waals surface area contributed by atoms with E-state index in [0.29, 0.717) is 23.0 Å². The molecule has 0 N–H and O–H groups in total. The molecule has 0 spiro atoms. The summed E-state index contributed by atoms with van der Waals surface area (Å²) in [5.41, 5.74) is 0.481. The molecule has 0 aromatic carbocycles. The lowest BCUT2D eigenvalue weighted by molar-refractivity contribution is -0.147. The molecule has 8 atom stereocenters. The number of ketones is 1. The summed E-state index contributed by atoms with van der Waals surface area (Å²) in [6.07, 6.45) is 17.7. The number of rotatable bonds is 5. The summed E-state index contributed by atoms with van der Waals surface area (Å²) < 4.78 is 0. The Labute approximate surface area is 174 Å². The van der Waals surface area contributed by atoms with E-state index < -0.39 is 0 Å². The number of allylic oxidation sites excluding steroid dienone is 2. The van der Waals surface area contributed by atoms with E-state index in [9.17, 15) is 4.79 Å². The van der Waals surface area contributed by atoms with Gasteiger partial charge in [-0.05, 0) is 97.9 Å². The smallest absolute Gasteiger partial charge is 0.161 e.